The lowest BCUT2D eigenvalue weighted by Crippen LogP contribution is -2.37. The largest absolute Gasteiger partial charge is 0.496 e. The number of hydrogen-bond acceptors (Lipinski definition) is 2. The van der Waals surface area contributed by atoms with Crippen molar-refractivity contribution < 1.29 is 4.74 Å². The minimum absolute atomic E-state index is 0.662. The van der Waals surface area contributed by atoms with Crippen molar-refractivity contribution in [3.63, 3.8) is 0 Å². The summed E-state index contributed by atoms with van der Waals surface area (Å²) in [7, 11) is 1.72. The fourth-order valence-electron chi connectivity index (χ4n) is 2.53. The van der Waals surface area contributed by atoms with E-state index in [9.17, 15) is 0 Å². The van der Waals surface area contributed by atoms with Gasteiger partial charge in [0.25, 0.3) is 0 Å². The zero-order valence-corrected chi connectivity index (χ0v) is 11.3. The van der Waals surface area contributed by atoms with Crippen LogP contribution in [0, 0.1) is 18.8 Å². The average molecular weight is 233 g/mol. The molecule has 1 aromatic carbocycles. The van der Waals surface area contributed by atoms with Gasteiger partial charge in [0.15, 0.2) is 0 Å². The first-order valence-electron chi connectivity index (χ1n) is 6.51. The fourth-order valence-corrected chi connectivity index (χ4v) is 2.53. The third-order valence-electron chi connectivity index (χ3n) is 3.88. The van der Waals surface area contributed by atoms with Crippen molar-refractivity contribution in [2.75, 3.05) is 12.4 Å². The molecule has 0 atom stereocenters. The lowest BCUT2D eigenvalue weighted by molar-refractivity contribution is 0.212. The summed E-state index contributed by atoms with van der Waals surface area (Å²) in [4.78, 5) is 0. The SMILES string of the molecule is COc1ccc(NC2CC(C(C)C)C2)cc1C. The Balaban J connectivity index is 1.90. The molecule has 2 heteroatoms. The van der Waals surface area contributed by atoms with Crippen molar-refractivity contribution >= 4 is 5.69 Å². The molecule has 1 fully saturated rings. The van der Waals surface area contributed by atoms with Crippen LogP contribution in [0.25, 0.3) is 0 Å². The van der Waals surface area contributed by atoms with E-state index in [4.69, 9.17) is 4.74 Å². The second-order valence-electron chi connectivity index (χ2n) is 5.50. The van der Waals surface area contributed by atoms with Crippen LogP contribution in [0.4, 0.5) is 5.69 Å². The maximum absolute atomic E-state index is 5.27. The molecule has 0 bridgehead atoms. The number of nitrogens with one attached hydrogen (secondary N) is 1. The fraction of sp³-hybridized carbons (Fsp3) is 0.600. The first kappa shape index (κ1) is 12.3. The molecule has 17 heavy (non-hydrogen) atoms. The van der Waals surface area contributed by atoms with E-state index in [0.29, 0.717) is 6.04 Å². The Kier molecular flexibility index (Phi) is 3.60. The van der Waals surface area contributed by atoms with Crippen molar-refractivity contribution in [1.82, 2.24) is 0 Å². The molecule has 2 nitrogen and oxygen atoms in total. The van der Waals surface area contributed by atoms with Gasteiger partial charge in [0, 0.05) is 11.7 Å². The highest BCUT2D eigenvalue weighted by Crippen LogP contribution is 2.35. The molecule has 0 spiro atoms. The summed E-state index contributed by atoms with van der Waals surface area (Å²) in [6.07, 6.45) is 2.62. The number of aryl methyl sites for hydroxylation is 1. The van der Waals surface area contributed by atoms with Gasteiger partial charge < -0.3 is 10.1 Å². The molecule has 1 aliphatic rings. The summed E-state index contributed by atoms with van der Waals surface area (Å²) >= 11 is 0. The topological polar surface area (TPSA) is 21.3 Å². The maximum Gasteiger partial charge on any atom is 0.121 e. The van der Waals surface area contributed by atoms with Crippen LogP contribution in [0.2, 0.25) is 0 Å². The predicted octanol–water partition coefficient (Wildman–Crippen LogP) is 3.85. The third-order valence-corrected chi connectivity index (χ3v) is 3.88. The minimum Gasteiger partial charge on any atom is -0.496 e. The number of hydrogen-bond donors (Lipinski definition) is 1. The summed E-state index contributed by atoms with van der Waals surface area (Å²) in [5.74, 6) is 2.70. The maximum atomic E-state index is 5.27. The number of methoxy groups -OCH3 is 1. The number of ether oxygens (including phenoxy) is 1. The van der Waals surface area contributed by atoms with E-state index in [1.807, 2.05) is 6.07 Å². The predicted molar refractivity (Wildman–Crippen MR) is 72.7 cm³/mol. The molecule has 0 aromatic heterocycles. The Bertz CT molecular complexity index is 381. The summed E-state index contributed by atoms with van der Waals surface area (Å²) in [6, 6.07) is 6.97. The molecule has 0 heterocycles. The Morgan fingerprint density at radius 3 is 2.53 bits per heavy atom. The monoisotopic (exact) mass is 233 g/mol. The highest BCUT2D eigenvalue weighted by atomic mass is 16.5. The first-order chi connectivity index (χ1) is 8.10. The van der Waals surface area contributed by atoms with Crippen molar-refractivity contribution in [2.45, 2.75) is 39.7 Å². The van der Waals surface area contributed by atoms with E-state index in [1.54, 1.807) is 7.11 Å². The average Bonchev–Trinajstić information content (AvgIpc) is 2.22. The van der Waals surface area contributed by atoms with Gasteiger partial charge in [-0.15, -0.1) is 0 Å². The molecule has 0 aliphatic heterocycles. The van der Waals surface area contributed by atoms with Crippen molar-refractivity contribution in [3.05, 3.63) is 23.8 Å². The quantitative estimate of drug-likeness (QED) is 0.853. The normalized spacial score (nSPS) is 23.4. The highest BCUT2D eigenvalue weighted by molar-refractivity contribution is 5.51. The molecular weight excluding hydrogens is 210 g/mol. The van der Waals surface area contributed by atoms with E-state index in [2.05, 4.69) is 38.2 Å². The highest BCUT2D eigenvalue weighted by Gasteiger charge is 2.30. The Morgan fingerprint density at radius 1 is 1.29 bits per heavy atom. The Labute approximate surface area is 104 Å². The summed E-state index contributed by atoms with van der Waals surface area (Å²) < 4.78 is 5.27. The lowest BCUT2D eigenvalue weighted by Gasteiger charge is -2.39. The lowest BCUT2D eigenvalue weighted by atomic mass is 9.73. The van der Waals surface area contributed by atoms with Crippen LogP contribution < -0.4 is 10.1 Å². The zero-order chi connectivity index (χ0) is 12.4. The van der Waals surface area contributed by atoms with Crippen LogP contribution >= 0.6 is 0 Å². The van der Waals surface area contributed by atoms with Gasteiger partial charge >= 0.3 is 0 Å². The number of benzene rings is 1. The standard InChI is InChI=1S/C15H23NO/c1-10(2)12-8-14(9-12)16-13-5-6-15(17-4)11(3)7-13/h5-7,10,12,14,16H,8-9H2,1-4H3. The van der Waals surface area contributed by atoms with Crippen molar-refractivity contribution in [1.29, 1.82) is 0 Å². The van der Waals surface area contributed by atoms with E-state index >= 15 is 0 Å². The molecular formula is C15H23NO. The van der Waals surface area contributed by atoms with Crippen molar-refractivity contribution in [2.24, 2.45) is 11.8 Å². The molecule has 1 N–H and O–H groups in total. The molecule has 1 aromatic rings. The van der Waals surface area contributed by atoms with Crippen LogP contribution in [-0.2, 0) is 0 Å². The van der Waals surface area contributed by atoms with Gasteiger partial charge in [-0.25, -0.2) is 0 Å². The molecule has 1 saturated carbocycles. The molecule has 0 unspecified atom stereocenters. The summed E-state index contributed by atoms with van der Waals surface area (Å²) in [5, 5.41) is 3.60. The summed E-state index contributed by atoms with van der Waals surface area (Å²) in [5.41, 5.74) is 2.41. The molecule has 1 aliphatic carbocycles. The van der Waals surface area contributed by atoms with Gasteiger partial charge in [0.2, 0.25) is 0 Å². The van der Waals surface area contributed by atoms with Gasteiger partial charge in [-0.2, -0.15) is 0 Å². The first-order valence-corrected chi connectivity index (χ1v) is 6.51. The number of rotatable bonds is 4. The van der Waals surface area contributed by atoms with Crippen LogP contribution in [0.1, 0.15) is 32.3 Å². The van der Waals surface area contributed by atoms with Gasteiger partial charge in [0.05, 0.1) is 7.11 Å². The Morgan fingerprint density at radius 2 is 2.00 bits per heavy atom. The van der Waals surface area contributed by atoms with Crippen LogP contribution in [0.15, 0.2) is 18.2 Å². The van der Waals surface area contributed by atoms with Gasteiger partial charge in [-0.1, -0.05) is 13.8 Å². The van der Waals surface area contributed by atoms with E-state index in [-0.39, 0.29) is 0 Å². The van der Waals surface area contributed by atoms with Crippen molar-refractivity contribution in [3.8, 4) is 5.75 Å². The van der Waals surface area contributed by atoms with Crippen LogP contribution in [-0.4, -0.2) is 13.2 Å². The molecule has 0 amide bonds. The smallest absolute Gasteiger partial charge is 0.121 e. The second-order valence-corrected chi connectivity index (χ2v) is 5.50. The molecule has 0 radical (unpaired) electrons. The molecule has 0 saturated heterocycles. The van der Waals surface area contributed by atoms with Gasteiger partial charge in [-0.05, 0) is 55.4 Å². The van der Waals surface area contributed by atoms with E-state index in [0.717, 1.165) is 17.6 Å². The summed E-state index contributed by atoms with van der Waals surface area (Å²) in [6.45, 7) is 6.72. The number of anilines is 1. The van der Waals surface area contributed by atoms with Gasteiger partial charge in [-0.3, -0.25) is 0 Å². The Hall–Kier alpha value is -1.18. The van der Waals surface area contributed by atoms with Crippen LogP contribution in [0.3, 0.4) is 0 Å². The van der Waals surface area contributed by atoms with E-state index in [1.165, 1.54) is 24.1 Å². The minimum atomic E-state index is 0.662. The molecule has 2 rings (SSSR count). The van der Waals surface area contributed by atoms with E-state index < -0.39 is 0 Å². The second kappa shape index (κ2) is 4.99. The van der Waals surface area contributed by atoms with Crippen LogP contribution in [0.5, 0.6) is 5.75 Å². The zero-order valence-electron chi connectivity index (χ0n) is 11.3. The molecule has 94 valence electrons. The van der Waals surface area contributed by atoms with Gasteiger partial charge in [0.1, 0.15) is 5.75 Å². The third kappa shape index (κ3) is 2.74.